The van der Waals surface area contributed by atoms with Gasteiger partial charge in [-0.05, 0) is 55.3 Å². The molecular formula is C26H26N2O5. The number of amides is 2. The van der Waals surface area contributed by atoms with Crippen LogP contribution in [0.4, 0.5) is 5.69 Å². The lowest BCUT2D eigenvalue weighted by Crippen LogP contribution is -2.25. The average molecular weight is 447 g/mol. The Labute approximate surface area is 192 Å². The van der Waals surface area contributed by atoms with E-state index in [1.54, 1.807) is 30.3 Å². The standard InChI is InChI=1S/C26H26N2O5/c1-17-11-12-24(18(2)13-17)32-16-25(30)28-23-10-5-4-7-21(23)15-27-26(31)20-8-6-9-22(14-20)33-19(3)29/h4-14H,15-16H2,1-3H3,(H,27,31)(H,28,30). The highest BCUT2D eigenvalue weighted by molar-refractivity contribution is 5.95. The van der Waals surface area contributed by atoms with Gasteiger partial charge in [0.05, 0.1) is 0 Å². The minimum atomic E-state index is -0.459. The molecule has 7 nitrogen and oxygen atoms in total. The van der Waals surface area contributed by atoms with Crippen molar-refractivity contribution in [2.75, 3.05) is 11.9 Å². The summed E-state index contributed by atoms with van der Waals surface area (Å²) in [6.07, 6.45) is 0. The Bertz CT molecular complexity index is 1170. The van der Waals surface area contributed by atoms with E-state index in [9.17, 15) is 14.4 Å². The lowest BCUT2D eigenvalue weighted by atomic mass is 10.1. The van der Waals surface area contributed by atoms with Crippen LogP contribution in [0, 0.1) is 13.8 Å². The molecule has 0 radical (unpaired) electrons. The number of para-hydroxylation sites is 1. The van der Waals surface area contributed by atoms with E-state index >= 15 is 0 Å². The number of aryl methyl sites for hydroxylation is 2. The Balaban J connectivity index is 1.59. The predicted octanol–water partition coefficient (Wildman–Crippen LogP) is 4.18. The molecule has 3 aromatic carbocycles. The van der Waals surface area contributed by atoms with Crippen LogP contribution < -0.4 is 20.1 Å². The maximum atomic E-state index is 12.5. The van der Waals surface area contributed by atoms with Gasteiger partial charge in [-0.2, -0.15) is 0 Å². The molecule has 0 heterocycles. The third-order valence-electron chi connectivity index (χ3n) is 4.78. The van der Waals surface area contributed by atoms with Crippen molar-refractivity contribution in [3.05, 3.63) is 89.0 Å². The predicted molar refractivity (Wildman–Crippen MR) is 125 cm³/mol. The fourth-order valence-corrected chi connectivity index (χ4v) is 3.23. The summed E-state index contributed by atoms with van der Waals surface area (Å²) in [5, 5.41) is 5.65. The third-order valence-corrected chi connectivity index (χ3v) is 4.78. The quantitative estimate of drug-likeness (QED) is 0.400. The minimum absolute atomic E-state index is 0.131. The molecule has 2 amide bonds. The molecule has 0 bridgehead atoms. The number of benzene rings is 3. The molecule has 2 N–H and O–H groups in total. The van der Waals surface area contributed by atoms with Crippen LogP contribution in [0.15, 0.2) is 66.7 Å². The first-order chi connectivity index (χ1) is 15.8. The Morgan fingerprint density at radius 1 is 0.909 bits per heavy atom. The molecule has 0 spiro atoms. The number of ether oxygens (including phenoxy) is 2. The van der Waals surface area contributed by atoms with E-state index in [4.69, 9.17) is 9.47 Å². The van der Waals surface area contributed by atoms with Gasteiger partial charge < -0.3 is 20.1 Å². The van der Waals surface area contributed by atoms with E-state index in [0.717, 1.165) is 16.7 Å². The SMILES string of the molecule is CC(=O)Oc1cccc(C(=O)NCc2ccccc2NC(=O)COc2ccc(C)cc2C)c1. The molecular weight excluding hydrogens is 420 g/mol. The summed E-state index contributed by atoms with van der Waals surface area (Å²) in [6, 6.07) is 19.3. The van der Waals surface area contributed by atoms with Crippen LogP contribution in [0.1, 0.15) is 34.0 Å². The maximum Gasteiger partial charge on any atom is 0.308 e. The van der Waals surface area contributed by atoms with Crippen molar-refractivity contribution >= 4 is 23.5 Å². The highest BCUT2D eigenvalue weighted by atomic mass is 16.5. The molecule has 0 saturated carbocycles. The number of hydrogen-bond donors (Lipinski definition) is 2. The largest absolute Gasteiger partial charge is 0.483 e. The van der Waals surface area contributed by atoms with Crippen molar-refractivity contribution in [2.24, 2.45) is 0 Å². The first-order valence-electron chi connectivity index (χ1n) is 10.5. The van der Waals surface area contributed by atoms with Gasteiger partial charge in [-0.15, -0.1) is 0 Å². The van der Waals surface area contributed by atoms with Crippen LogP contribution in [0.25, 0.3) is 0 Å². The highest BCUT2D eigenvalue weighted by Gasteiger charge is 2.11. The molecule has 0 aliphatic rings. The summed E-state index contributed by atoms with van der Waals surface area (Å²) in [5.41, 5.74) is 3.77. The van der Waals surface area contributed by atoms with E-state index in [1.165, 1.54) is 13.0 Å². The number of carbonyl (C=O) groups excluding carboxylic acids is 3. The van der Waals surface area contributed by atoms with E-state index in [-0.39, 0.29) is 25.0 Å². The zero-order chi connectivity index (χ0) is 23.8. The normalized spacial score (nSPS) is 10.3. The Morgan fingerprint density at radius 3 is 2.45 bits per heavy atom. The van der Waals surface area contributed by atoms with Crippen molar-refractivity contribution in [1.82, 2.24) is 5.32 Å². The van der Waals surface area contributed by atoms with E-state index in [1.807, 2.05) is 44.2 Å². The second-order valence-electron chi connectivity index (χ2n) is 7.57. The van der Waals surface area contributed by atoms with Gasteiger partial charge in [-0.1, -0.05) is 42.0 Å². The van der Waals surface area contributed by atoms with Crippen molar-refractivity contribution < 1.29 is 23.9 Å². The average Bonchev–Trinajstić information content (AvgIpc) is 2.77. The van der Waals surface area contributed by atoms with E-state index in [2.05, 4.69) is 10.6 Å². The molecule has 0 aliphatic carbocycles. The molecule has 0 fully saturated rings. The van der Waals surface area contributed by atoms with Crippen LogP contribution in [-0.2, 0) is 16.1 Å². The summed E-state index contributed by atoms with van der Waals surface area (Å²) in [6.45, 7) is 5.29. The number of anilines is 1. The first kappa shape index (κ1) is 23.5. The van der Waals surface area contributed by atoms with Gasteiger partial charge in [0.1, 0.15) is 11.5 Å². The smallest absolute Gasteiger partial charge is 0.308 e. The first-order valence-corrected chi connectivity index (χ1v) is 10.5. The molecule has 0 saturated heterocycles. The van der Waals surface area contributed by atoms with Crippen LogP contribution >= 0.6 is 0 Å². The van der Waals surface area contributed by atoms with Crippen LogP contribution in [0.2, 0.25) is 0 Å². The zero-order valence-corrected chi connectivity index (χ0v) is 18.8. The molecule has 0 aliphatic heterocycles. The molecule has 3 aromatic rings. The highest BCUT2D eigenvalue weighted by Crippen LogP contribution is 2.20. The second kappa shape index (κ2) is 10.9. The summed E-state index contributed by atoms with van der Waals surface area (Å²) >= 11 is 0. The van der Waals surface area contributed by atoms with E-state index in [0.29, 0.717) is 22.7 Å². The Hall–Kier alpha value is -4.13. The van der Waals surface area contributed by atoms with Crippen molar-refractivity contribution in [3.8, 4) is 11.5 Å². The molecule has 3 rings (SSSR count). The van der Waals surface area contributed by atoms with Crippen LogP contribution in [0.3, 0.4) is 0 Å². The Kier molecular flexibility index (Phi) is 7.81. The van der Waals surface area contributed by atoms with Crippen molar-refractivity contribution in [1.29, 1.82) is 0 Å². The van der Waals surface area contributed by atoms with Gasteiger partial charge in [-0.3, -0.25) is 14.4 Å². The summed E-state index contributed by atoms with van der Waals surface area (Å²) in [5.74, 6) is -0.135. The fourth-order valence-electron chi connectivity index (χ4n) is 3.23. The number of esters is 1. The fraction of sp³-hybridized carbons (Fsp3) is 0.192. The molecule has 0 aromatic heterocycles. The van der Waals surface area contributed by atoms with Crippen molar-refractivity contribution in [2.45, 2.75) is 27.3 Å². The summed E-state index contributed by atoms with van der Waals surface area (Å²) < 4.78 is 10.7. The van der Waals surface area contributed by atoms with Crippen LogP contribution in [-0.4, -0.2) is 24.4 Å². The molecule has 170 valence electrons. The van der Waals surface area contributed by atoms with Gasteiger partial charge >= 0.3 is 5.97 Å². The Morgan fingerprint density at radius 2 is 1.70 bits per heavy atom. The molecule has 7 heteroatoms. The monoisotopic (exact) mass is 446 g/mol. The third kappa shape index (κ3) is 6.93. The van der Waals surface area contributed by atoms with Crippen LogP contribution in [0.5, 0.6) is 11.5 Å². The summed E-state index contributed by atoms with van der Waals surface area (Å²) in [7, 11) is 0. The molecule has 0 atom stereocenters. The van der Waals surface area contributed by atoms with Gasteiger partial charge in [0, 0.05) is 24.7 Å². The zero-order valence-electron chi connectivity index (χ0n) is 18.8. The van der Waals surface area contributed by atoms with Gasteiger partial charge in [0.15, 0.2) is 6.61 Å². The minimum Gasteiger partial charge on any atom is -0.483 e. The number of carbonyl (C=O) groups is 3. The number of nitrogens with one attached hydrogen (secondary N) is 2. The molecule has 0 unspecified atom stereocenters. The van der Waals surface area contributed by atoms with E-state index < -0.39 is 5.97 Å². The number of rotatable bonds is 8. The molecule has 33 heavy (non-hydrogen) atoms. The number of hydrogen-bond acceptors (Lipinski definition) is 5. The second-order valence-corrected chi connectivity index (χ2v) is 7.57. The lowest BCUT2D eigenvalue weighted by Gasteiger charge is -2.13. The van der Waals surface area contributed by atoms with Gasteiger partial charge in [-0.25, -0.2) is 0 Å². The topological polar surface area (TPSA) is 93.7 Å². The van der Waals surface area contributed by atoms with Gasteiger partial charge in [0.2, 0.25) is 0 Å². The maximum absolute atomic E-state index is 12.5. The lowest BCUT2D eigenvalue weighted by molar-refractivity contribution is -0.131. The summed E-state index contributed by atoms with van der Waals surface area (Å²) in [4.78, 5) is 36.1. The van der Waals surface area contributed by atoms with Gasteiger partial charge in [0.25, 0.3) is 11.8 Å². The van der Waals surface area contributed by atoms with Crippen molar-refractivity contribution in [3.63, 3.8) is 0 Å².